The number of nitrogens with one attached hydrogen (secondary N) is 3. The number of amides is 2. The summed E-state index contributed by atoms with van der Waals surface area (Å²) in [6.45, 7) is 3.62. The molecule has 2 aromatic rings. The van der Waals surface area contributed by atoms with Gasteiger partial charge < -0.3 is 30.2 Å². The van der Waals surface area contributed by atoms with Crippen LogP contribution in [0.4, 0.5) is 17.1 Å². The van der Waals surface area contributed by atoms with Crippen LogP contribution >= 0.6 is 0 Å². The first kappa shape index (κ1) is 17.0. The zero-order chi connectivity index (χ0) is 19.0. The van der Waals surface area contributed by atoms with E-state index in [0.717, 1.165) is 0 Å². The lowest BCUT2D eigenvalue weighted by molar-refractivity contribution is -0.122. The second-order valence-corrected chi connectivity index (χ2v) is 6.38. The van der Waals surface area contributed by atoms with Crippen molar-refractivity contribution in [2.75, 3.05) is 22.7 Å². The Morgan fingerprint density at radius 2 is 1.85 bits per heavy atom. The highest BCUT2D eigenvalue weighted by molar-refractivity contribution is 5.99. The van der Waals surface area contributed by atoms with E-state index in [4.69, 9.17) is 14.2 Å². The lowest BCUT2D eigenvalue weighted by Gasteiger charge is -2.24. The van der Waals surface area contributed by atoms with Crippen LogP contribution in [0.3, 0.4) is 0 Å². The third-order valence-electron chi connectivity index (χ3n) is 4.33. The van der Waals surface area contributed by atoms with Crippen LogP contribution in [0.2, 0.25) is 0 Å². The Bertz CT molecular complexity index is 914. The third kappa shape index (κ3) is 3.46. The first-order valence-electron chi connectivity index (χ1n) is 8.58. The quantitative estimate of drug-likeness (QED) is 0.766. The summed E-state index contributed by atoms with van der Waals surface area (Å²) in [7, 11) is 0. The molecular weight excluding hydrogens is 350 g/mol. The maximum atomic E-state index is 12.5. The Kier molecular flexibility index (Phi) is 4.23. The van der Waals surface area contributed by atoms with Gasteiger partial charge in [-0.05, 0) is 44.2 Å². The second kappa shape index (κ2) is 6.71. The first-order valence-corrected chi connectivity index (χ1v) is 8.58. The number of ether oxygens (including phenoxy) is 3. The third-order valence-corrected chi connectivity index (χ3v) is 4.33. The number of anilines is 3. The molecule has 27 heavy (non-hydrogen) atoms. The lowest BCUT2D eigenvalue weighted by Crippen LogP contribution is -2.34. The van der Waals surface area contributed by atoms with E-state index in [9.17, 15) is 9.59 Å². The summed E-state index contributed by atoms with van der Waals surface area (Å²) in [6.07, 6.45) is -0.525. The van der Waals surface area contributed by atoms with Crippen LogP contribution in [0.1, 0.15) is 13.8 Å². The molecule has 0 unspecified atom stereocenters. The van der Waals surface area contributed by atoms with Crippen LogP contribution in [0.5, 0.6) is 17.2 Å². The zero-order valence-electron chi connectivity index (χ0n) is 14.9. The van der Waals surface area contributed by atoms with E-state index in [0.29, 0.717) is 34.3 Å². The second-order valence-electron chi connectivity index (χ2n) is 6.38. The minimum absolute atomic E-state index is 0.183. The summed E-state index contributed by atoms with van der Waals surface area (Å²) in [6, 6.07) is 10.0. The smallest absolute Gasteiger partial charge is 0.265 e. The molecule has 8 heteroatoms. The van der Waals surface area contributed by atoms with E-state index >= 15 is 0 Å². The molecule has 140 valence electrons. The molecule has 0 spiro atoms. The van der Waals surface area contributed by atoms with E-state index in [-0.39, 0.29) is 18.6 Å². The molecular formula is C19H19N3O5. The van der Waals surface area contributed by atoms with Crippen molar-refractivity contribution in [2.24, 2.45) is 0 Å². The van der Waals surface area contributed by atoms with Crippen molar-refractivity contribution in [1.82, 2.24) is 0 Å². The van der Waals surface area contributed by atoms with Crippen molar-refractivity contribution in [1.29, 1.82) is 0 Å². The minimum atomic E-state index is -0.525. The molecule has 0 aromatic heterocycles. The molecule has 8 nitrogen and oxygen atoms in total. The molecule has 0 bridgehead atoms. The van der Waals surface area contributed by atoms with Gasteiger partial charge in [0.25, 0.3) is 5.91 Å². The topological polar surface area (TPSA) is 97.9 Å². The van der Waals surface area contributed by atoms with E-state index < -0.39 is 12.1 Å². The van der Waals surface area contributed by atoms with Gasteiger partial charge in [0.05, 0.1) is 5.69 Å². The molecule has 2 aliphatic heterocycles. The van der Waals surface area contributed by atoms with Gasteiger partial charge in [-0.25, -0.2) is 0 Å². The van der Waals surface area contributed by atoms with E-state index in [1.807, 2.05) is 0 Å². The largest absolute Gasteiger partial charge is 0.479 e. The van der Waals surface area contributed by atoms with Gasteiger partial charge in [0.15, 0.2) is 17.6 Å². The molecule has 4 rings (SSSR count). The molecule has 2 atom stereocenters. The predicted octanol–water partition coefficient (Wildman–Crippen LogP) is 2.57. The van der Waals surface area contributed by atoms with Crippen molar-refractivity contribution in [3.8, 4) is 17.2 Å². The number of rotatable bonds is 4. The molecule has 0 saturated carbocycles. The summed E-state index contributed by atoms with van der Waals surface area (Å²) in [5, 5.41) is 8.74. The normalized spacial score (nSPS) is 18.0. The van der Waals surface area contributed by atoms with Gasteiger partial charge in [-0.3, -0.25) is 9.59 Å². The zero-order valence-corrected chi connectivity index (χ0v) is 14.9. The molecule has 2 amide bonds. The van der Waals surface area contributed by atoms with E-state index in [1.54, 1.807) is 50.2 Å². The average Bonchev–Trinajstić information content (AvgIpc) is 3.10. The number of carbonyl (C=O) groups is 2. The molecule has 0 aliphatic carbocycles. The molecule has 0 saturated heterocycles. The van der Waals surface area contributed by atoms with Crippen LogP contribution in [0.15, 0.2) is 36.4 Å². The number of hydrogen-bond donors (Lipinski definition) is 3. The summed E-state index contributed by atoms with van der Waals surface area (Å²) in [4.78, 5) is 24.2. The maximum Gasteiger partial charge on any atom is 0.265 e. The van der Waals surface area contributed by atoms with E-state index in [1.165, 1.54) is 0 Å². The Labute approximate surface area is 155 Å². The van der Waals surface area contributed by atoms with Gasteiger partial charge in [0, 0.05) is 17.4 Å². The Hall–Kier alpha value is -3.42. The van der Waals surface area contributed by atoms with Gasteiger partial charge in [0.1, 0.15) is 11.8 Å². The summed E-state index contributed by atoms with van der Waals surface area (Å²) >= 11 is 0. The fraction of sp³-hybridized carbons (Fsp3) is 0.263. The van der Waals surface area contributed by atoms with Crippen LogP contribution in [-0.4, -0.2) is 30.8 Å². The van der Waals surface area contributed by atoms with Crippen molar-refractivity contribution >= 4 is 28.9 Å². The molecule has 0 radical (unpaired) electrons. The van der Waals surface area contributed by atoms with Gasteiger partial charge >= 0.3 is 0 Å². The summed E-state index contributed by atoms with van der Waals surface area (Å²) in [5.41, 5.74) is 1.89. The summed E-state index contributed by atoms with van der Waals surface area (Å²) in [5.74, 6) is 1.46. The monoisotopic (exact) mass is 369 g/mol. The Morgan fingerprint density at radius 3 is 2.70 bits per heavy atom. The molecule has 2 aliphatic rings. The average molecular weight is 369 g/mol. The number of benzene rings is 2. The highest BCUT2D eigenvalue weighted by atomic mass is 16.7. The van der Waals surface area contributed by atoms with Crippen molar-refractivity contribution in [3.63, 3.8) is 0 Å². The van der Waals surface area contributed by atoms with Crippen LogP contribution in [0.25, 0.3) is 0 Å². The van der Waals surface area contributed by atoms with E-state index in [2.05, 4.69) is 16.0 Å². The van der Waals surface area contributed by atoms with Gasteiger partial charge in [-0.2, -0.15) is 0 Å². The molecule has 2 heterocycles. The molecule has 3 N–H and O–H groups in total. The van der Waals surface area contributed by atoms with Crippen molar-refractivity contribution in [3.05, 3.63) is 36.4 Å². The van der Waals surface area contributed by atoms with Gasteiger partial charge in [-0.1, -0.05) is 0 Å². The van der Waals surface area contributed by atoms with Crippen molar-refractivity contribution < 1.29 is 23.8 Å². The SMILES string of the molecule is C[C@@H](Nc1ccc2c(c1)NC(=O)[C@@H](C)O2)C(=O)Nc1ccc2c(c1)OCO2. The number of carbonyl (C=O) groups excluding carboxylic acids is 2. The minimum Gasteiger partial charge on any atom is -0.479 e. The fourth-order valence-corrected chi connectivity index (χ4v) is 2.84. The predicted molar refractivity (Wildman–Crippen MR) is 99.4 cm³/mol. The molecule has 2 aromatic carbocycles. The Balaban J connectivity index is 1.41. The highest BCUT2D eigenvalue weighted by Gasteiger charge is 2.24. The van der Waals surface area contributed by atoms with Crippen LogP contribution in [-0.2, 0) is 9.59 Å². The van der Waals surface area contributed by atoms with Crippen LogP contribution in [0, 0.1) is 0 Å². The highest BCUT2D eigenvalue weighted by Crippen LogP contribution is 2.34. The van der Waals surface area contributed by atoms with Gasteiger partial charge in [0.2, 0.25) is 12.7 Å². The number of fused-ring (bicyclic) bond motifs is 2. The fourth-order valence-electron chi connectivity index (χ4n) is 2.84. The van der Waals surface area contributed by atoms with Gasteiger partial charge in [-0.15, -0.1) is 0 Å². The summed E-state index contributed by atoms with van der Waals surface area (Å²) < 4.78 is 16.1. The van der Waals surface area contributed by atoms with Crippen molar-refractivity contribution in [2.45, 2.75) is 26.0 Å². The first-order chi connectivity index (χ1) is 13.0. The van der Waals surface area contributed by atoms with Crippen LogP contribution < -0.4 is 30.2 Å². The molecule has 0 fully saturated rings. The standard InChI is InChI=1S/C19H19N3O5/c1-10(18(23)21-13-4-6-16-17(8-13)26-9-25-16)20-12-3-5-15-14(7-12)22-19(24)11(2)27-15/h3-8,10-11,20H,9H2,1-2H3,(H,21,23)(H,22,24)/t10-,11-/m1/s1. The Morgan fingerprint density at radius 1 is 1.11 bits per heavy atom. The lowest BCUT2D eigenvalue weighted by atomic mass is 10.2. The number of hydrogen-bond acceptors (Lipinski definition) is 6. The maximum absolute atomic E-state index is 12.5.